The molecule has 2 heterocycles. The van der Waals surface area contributed by atoms with E-state index in [1.807, 2.05) is 0 Å². The topological polar surface area (TPSA) is 38.5 Å². The van der Waals surface area contributed by atoms with Crippen LogP contribution in [0.4, 0.5) is 0 Å². The van der Waals surface area contributed by atoms with Crippen LogP contribution < -0.4 is 5.73 Å². The minimum Gasteiger partial charge on any atom is -0.377 e. The van der Waals surface area contributed by atoms with Crippen LogP contribution in [0.3, 0.4) is 0 Å². The molecule has 2 rings (SSSR count). The Morgan fingerprint density at radius 1 is 1.31 bits per heavy atom. The molecule has 0 aromatic carbocycles. The lowest BCUT2D eigenvalue weighted by Crippen LogP contribution is -2.40. The van der Waals surface area contributed by atoms with Crippen LogP contribution in [0.1, 0.15) is 25.7 Å². The first kappa shape index (κ1) is 9.44. The van der Waals surface area contributed by atoms with Gasteiger partial charge in [0.15, 0.2) is 0 Å². The fourth-order valence-corrected chi connectivity index (χ4v) is 2.45. The molecule has 0 radical (unpaired) electrons. The molecule has 0 aromatic heterocycles. The van der Waals surface area contributed by atoms with Crippen molar-refractivity contribution in [3.05, 3.63) is 0 Å². The van der Waals surface area contributed by atoms with E-state index in [1.165, 1.54) is 32.2 Å². The lowest BCUT2D eigenvalue weighted by Gasteiger charge is -2.25. The minimum absolute atomic E-state index is 0.493. The van der Waals surface area contributed by atoms with Gasteiger partial charge in [0, 0.05) is 25.7 Å². The van der Waals surface area contributed by atoms with Gasteiger partial charge < -0.3 is 10.5 Å². The highest BCUT2D eigenvalue weighted by atomic mass is 16.5. The highest BCUT2D eigenvalue weighted by molar-refractivity contribution is 4.82. The van der Waals surface area contributed by atoms with Crippen molar-refractivity contribution < 1.29 is 4.74 Å². The van der Waals surface area contributed by atoms with Crippen LogP contribution in [-0.2, 0) is 4.74 Å². The lowest BCUT2D eigenvalue weighted by molar-refractivity contribution is 0.0700. The Morgan fingerprint density at radius 2 is 2.23 bits per heavy atom. The van der Waals surface area contributed by atoms with E-state index in [0.717, 1.165) is 19.7 Å². The molecular weight excluding hydrogens is 164 g/mol. The zero-order valence-electron chi connectivity index (χ0n) is 8.24. The second-order valence-corrected chi connectivity index (χ2v) is 4.16. The van der Waals surface area contributed by atoms with Crippen molar-refractivity contribution in [2.75, 3.05) is 26.2 Å². The smallest absolute Gasteiger partial charge is 0.0702 e. The molecule has 2 N–H and O–H groups in total. The summed E-state index contributed by atoms with van der Waals surface area (Å²) in [5.74, 6) is 0. The van der Waals surface area contributed by atoms with Crippen LogP contribution in [0.25, 0.3) is 0 Å². The van der Waals surface area contributed by atoms with E-state index < -0.39 is 0 Å². The van der Waals surface area contributed by atoms with Crippen molar-refractivity contribution in [1.82, 2.24) is 4.90 Å². The zero-order chi connectivity index (χ0) is 9.10. The third-order valence-corrected chi connectivity index (χ3v) is 3.23. The summed E-state index contributed by atoms with van der Waals surface area (Å²) in [6.45, 7) is 4.11. The predicted molar refractivity (Wildman–Crippen MR) is 52.6 cm³/mol. The SMILES string of the molecule is NC[C@@H]1CCCN1CC1CCCO1. The fraction of sp³-hybridized carbons (Fsp3) is 1.00. The number of nitrogens with two attached hydrogens (primary N) is 1. The van der Waals surface area contributed by atoms with Crippen molar-refractivity contribution in [3.8, 4) is 0 Å². The third-order valence-electron chi connectivity index (χ3n) is 3.23. The first-order valence-corrected chi connectivity index (χ1v) is 5.46. The van der Waals surface area contributed by atoms with Crippen molar-refractivity contribution in [2.24, 2.45) is 5.73 Å². The first-order chi connectivity index (χ1) is 6.40. The molecule has 3 heteroatoms. The van der Waals surface area contributed by atoms with E-state index in [4.69, 9.17) is 10.5 Å². The molecular formula is C10H20N2O. The van der Waals surface area contributed by atoms with Crippen LogP contribution >= 0.6 is 0 Å². The molecule has 0 aliphatic carbocycles. The van der Waals surface area contributed by atoms with Crippen LogP contribution in [0.15, 0.2) is 0 Å². The minimum atomic E-state index is 0.493. The van der Waals surface area contributed by atoms with Crippen LogP contribution in [0.5, 0.6) is 0 Å². The van der Waals surface area contributed by atoms with Crippen LogP contribution in [0, 0.1) is 0 Å². The third kappa shape index (κ3) is 2.22. The van der Waals surface area contributed by atoms with E-state index in [2.05, 4.69) is 4.90 Å². The van der Waals surface area contributed by atoms with E-state index in [0.29, 0.717) is 12.1 Å². The molecule has 2 saturated heterocycles. The molecule has 2 aliphatic rings. The summed E-state index contributed by atoms with van der Waals surface area (Å²) >= 11 is 0. The normalized spacial score (nSPS) is 35.8. The lowest BCUT2D eigenvalue weighted by atomic mass is 10.2. The summed E-state index contributed by atoms with van der Waals surface area (Å²) in [7, 11) is 0. The molecule has 0 spiro atoms. The largest absolute Gasteiger partial charge is 0.377 e. The molecule has 3 nitrogen and oxygen atoms in total. The molecule has 0 saturated carbocycles. The molecule has 2 fully saturated rings. The van der Waals surface area contributed by atoms with E-state index >= 15 is 0 Å². The number of hydrogen-bond acceptors (Lipinski definition) is 3. The van der Waals surface area contributed by atoms with Gasteiger partial charge in [-0.3, -0.25) is 4.90 Å². The maximum absolute atomic E-state index is 5.72. The Labute approximate surface area is 80.2 Å². The number of ether oxygens (including phenoxy) is 1. The van der Waals surface area contributed by atoms with Gasteiger partial charge in [0.1, 0.15) is 0 Å². The Bertz CT molecular complexity index is 157. The van der Waals surface area contributed by atoms with Gasteiger partial charge in [0.2, 0.25) is 0 Å². The van der Waals surface area contributed by atoms with Gasteiger partial charge in [-0.15, -0.1) is 0 Å². The monoisotopic (exact) mass is 184 g/mol. The number of likely N-dealkylation sites (tertiary alicyclic amines) is 1. The average Bonchev–Trinajstić information content (AvgIpc) is 2.76. The maximum atomic E-state index is 5.72. The maximum Gasteiger partial charge on any atom is 0.0702 e. The summed E-state index contributed by atoms with van der Waals surface area (Å²) in [4.78, 5) is 2.51. The molecule has 13 heavy (non-hydrogen) atoms. The number of hydrogen-bond donors (Lipinski definition) is 1. The standard InChI is InChI=1S/C10H20N2O/c11-7-9-3-1-5-12(9)8-10-4-2-6-13-10/h9-10H,1-8,11H2/t9-,10?/m0/s1. The molecule has 0 bridgehead atoms. The Kier molecular flexibility index (Phi) is 3.19. The van der Waals surface area contributed by atoms with Gasteiger partial charge in [-0.1, -0.05) is 0 Å². The number of nitrogens with zero attached hydrogens (tertiary/aromatic N) is 1. The summed E-state index contributed by atoms with van der Waals surface area (Å²) in [6.07, 6.45) is 5.57. The average molecular weight is 184 g/mol. The second-order valence-electron chi connectivity index (χ2n) is 4.16. The molecule has 2 aliphatic heterocycles. The van der Waals surface area contributed by atoms with E-state index in [1.54, 1.807) is 0 Å². The highest BCUT2D eigenvalue weighted by Crippen LogP contribution is 2.20. The van der Waals surface area contributed by atoms with Gasteiger partial charge >= 0.3 is 0 Å². The molecule has 2 atom stereocenters. The summed E-state index contributed by atoms with van der Waals surface area (Å²) in [5, 5.41) is 0. The van der Waals surface area contributed by atoms with E-state index in [9.17, 15) is 0 Å². The van der Waals surface area contributed by atoms with Crippen molar-refractivity contribution >= 4 is 0 Å². The molecule has 76 valence electrons. The predicted octanol–water partition coefficient (Wildman–Crippen LogP) is 0.588. The Balaban J connectivity index is 1.79. The fourth-order valence-electron chi connectivity index (χ4n) is 2.45. The first-order valence-electron chi connectivity index (χ1n) is 5.46. The summed E-state index contributed by atoms with van der Waals surface area (Å²) < 4.78 is 5.63. The van der Waals surface area contributed by atoms with E-state index in [-0.39, 0.29) is 0 Å². The van der Waals surface area contributed by atoms with Gasteiger partial charge in [-0.25, -0.2) is 0 Å². The van der Waals surface area contributed by atoms with Crippen LogP contribution in [-0.4, -0.2) is 43.3 Å². The van der Waals surface area contributed by atoms with Gasteiger partial charge in [0.25, 0.3) is 0 Å². The zero-order valence-corrected chi connectivity index (χ0v) is 8.24. The Hall–Kier alpha value is -0.120. The molecule has 0 amide bonds. The van der Waals surface area contributed by atoms with Gasteiger partial charge in [0.05, 0.1) is 6.10 Å². The molecule has 0 aromatic rings. The second kappa shape index (κ2) is 4.40. The van der Waals surface area contributed by atoms with Gasteiger partial charge in [-0.2, -0.15) is 0 Å². The van der Waals surface area contributed by atoms with Crippen molar-refractivity contribution in [1.29, 1.82) is 0 Å². The van der Waals surface area contributed by atoms with Crippen molar-refractivity contribution in [2.45, 2.75) is 37.8 Å². The summed E-state index contributed by atoms with van der Waals surface area (Å²) in [6, 6.07) is 0.629. The Morgan fingerprint density at radius 3 is 2.92 bits per heavy atom. The quantitative estimate of drug-likeness (QED) is 0.697. The number of rotatable bonds is 3. The van der Waals surface area contributed by atoms with Crippen LogP contribution in [0.2, 0.25) is 0 Å². The summed E-state index contributed by atoms with van der Waals surface area (Å²) in [5.41, 5.74) is 5.72. The highest BCUT2D eigenvalue weighted by Gasteiger charge is 2.27. The van der Waals surface area contributed by atoms with Crippen molar-refractivity contribution in [3.63, 3.8) is 0 Å². The van der Waals surface area contributed by atoms with Gasteiger partial charge in [-0.05, 0) is 32.2 Å². The molecule has 1 unspecified atom stereocenters.